The molecule has 1 N–H and O–H groups in total. The van der Waals surface area contributed by atoms with Crippen molar-refractivity contribution in [2.45, 2.75) is 6.92 Å². The minimum Gasteiger partial charge on any atom is -0.437 e. The zero-order chi connectivity index (χ0) is 14.0. The molecule has 1 heterocycles. The fraction of sp³-hybridized carbons (Fsp3) is 0.154. The van der Waals surface area contributed by atoms with Crippen LogP contribution in [0.25, 0.3) is 0 Å². The smallest absolute Gasteiger partial charge is 0.240 e. The maximum Gasteiger partial charge on any atom is 0.240 e. The first-order valence-corrected chi connectivity index (χ1v) is 6.24. The van der Waals surface area contributed by atoms with E-state index in [4.69, 9.17) is 27.9 Å². The first-order chi connectivity index (χ1) is 9.01. The molecule has 0 amide bonds. The predicted molar refractivity (Wildman–Crippen MR) is 75.0 cm³/mol. The Morgan fingerprint density at radius 1 is 1.21 bits per heavy atom. The van der Waals surface area contributed by atoms with Crippen LogP contribution in [0.2, 0.25) is 10.0 Å². The molecule has 0 fully saturated rings. The van der Waals surface area contributed by atoms with Crippen molar-refractivity contribution in [3.63, 3.8) is 0 Å². The Hall–Kier alpha value is -1.52. The summed E-state index contributed by atoms with van der Waals surface area (Å²) in [6.07, 6.45) is 0. The summed E-state index contributed by atoms with van der Waals surface area (Å²) in [7, 11) is 1.68. The number of pyridine rings is 1. The summed E-state index contributed by atoms with van der Waals surface area (Å²) >= 11 is 11.9. The van der Waals surface area contributed by atoms with E-state index in [1.165, 1.54) is 12.1 Å². The van der Waals surface area contributed by atoms with Crippen molar-refractivity contribution < 1.29 is 9.13 Å². The lowest BCUT2D eigenvalue weighted by Gasteiger charge is -2.10. The molecule has 0 atom stereocenters. The molecule has 3 nitrogen and oxygen atoms in total. The number of benzene rings is 1. The number of nitrogens with zero attached hydrogens (tertiary/aromatic N) is 1. The van der Waals surface area contributed by atoms with Crippen LogP contribution in [-0.4, -0.2) is 12.0 Å². The molecule has 19 heavy (non-hydrogen) atoms. The van der Waals surface area contributed by atoms with E-state index in [0.717, 1.165) is 0 Å². The second-order valence-corrected chi connectivity index (χ2v) is 4.68. The highest BCUT2D eigenvalue weighted by molar-refractivity contribution is 6.36. The van der Waals surface area contributed by atoms with Crippen LogP contribution in [0.4, 0.5) is 10.2 Å². The second-order valence-electron chi connectivity index (χ2n) is 3.87. The fourth-order valence-electron chi connectivity index (χ4n) is 1.45. The number of hydrogen-bond donors (Lipinski definition) is 1. The Kier molecular flexibility index (Phi) is 4.12. The lowest BCUT2D eigenvalue weighted by atomic mass is 10.2. The zero-order valence-corrected chi connectivity index (χ0v) is 11.8. The summed E-state index contributed by atoms with van der Waals surface area (Å²) < 4.78 is 18.9. The van der Waals surface area contributed by atoms with Crippen LogP contribution in [0.5, 0.6) is 11.6 Å². The van der Waals surface area contributed by atoms with Gasteiger partial charge < -0.3 is 10.1 Å². The summed E-state index contributed by atoms with van der Waals surface area (Å²) in [5.74, 6) is 0.575. The molecule has 0 aliphatic carbocycles. The van der Waals surface area contributed by atoms with Crippen LogP contribution in [0, 0.1) is 12.7 Å². The van der Waals surface area contributed by atoms with Crippen molar-refractivity contribution in [3.8, 4) is 11.6 Å². The maximum atomic E-state index is 13.4. The van der Waals surface area contributed by atoms with Crippen molar-refractivity contribution in [1.29, 1.82) is 0 Å². The summed E-state index contributed by atoms with van der Waals surface area (Å²) in [6.45, 7) is 1.67. The van der Waals surface area contributed by atoms with Crippen molar-refractivity contribution in [3.05, 3.63) is 45.7 Å². The van der Waals surface area contributed by atoms with Gasteiger partial charge >= 0.3 is 0 Å². The highest BCUT2D eigenvalue weighted by Crippen LogP contribution is 2.33. The van der Waals surface area contributed by atoms with Gasteiger partial charge in [0.05, 0.1) is 5.02 Å². The average molecular weight is 301 g/mol. The third kappa shape index (κ3) is 3.08. The minimum absolute atomic E-state index is 0.165. The second kappa shape index (κ2) is 5.63. The lowest BCUT2D eigenvalue weighted by molar-refractivity contribution is 0.458. The molecule has 100 valence electrons. The lowest BCUT2D eigenvalue weighted by Crippen LogP contribution is -1.97. The molecule has 0 bridgehead atoms. The molecule has 2 aromatic rings. The summed E-state index contributed by atoms with van der Waals surface area (Å²) in [5.41, 5.74) is 0.540. The van der Waals surface area contributed by atoms with E-state index in [9.17, 15) is 4.39 Å². The highest BCUT2D eigenvalue weighted by Gasteiger charge is 2.11. The van der Waals surface area contributed by atoms with Crippen LogP contribution >= 0.6 is 23.2 Å². The van der Waals surface area contributed by atoms with Crippen molar-refractivity contribution >= 4 is 29.0 Å². The Morgan fingerprint density at radius 2 is 1.95 bits per heavy atom. The van der Waals surface area contributed by atoms with Crippen LogP contribution in [0.3, 0.4) is 0 Å². The number of halogens is 3. The van der Waals surface area contributed by atoms with Crippen molar-refractivity contribution in [2.75, 3.05) is 12.4 Å². The van der Waals surface area contributed by atoms with E-state index < -0.39 is 0 Å². The molecular formula is C13H11Cl2FN2O. The van der Waals surface area contributed by atoms with E-state index in [2.05, 4.69) is 10.3 Å². The maximum absolute atomic E-state index is 13.4. The average Bonchev–Trinajstić information content (AvgIpc) is 2.37. The molecular weight excluding hydrogens is 290 g/mol. The largest absolute Gasteiger partial charge is 0.437 e. The van der Waals surface area contributed by atoms with Gasteiger partial charge in [-0.05, 0) is 24.6 Å². The van der Waals surface area contributed by atoms with Gasteiger partial charge in [0.1, 0.15) is 22.4 Å². The van der Waals surface area contributed by atoms with Crippen LogP contribution in [0.15, 0.2) is 24.3 Å². The van der Waals surface area contributed by atoms with E-state index in [0.29, 0.717) is 22.2 Å². The summed E-state index contributed by atoms with van der Waals surface area (Å²) in [6, 6.07) is 6.06. The van der Waals surface area contributed by atoms with Gasteiger partial charge in [0.2, 0.25) is 5.88 Å². The third-order valence-electron chi connectivity index (χ3n) is 2.49. The molecule has 0 spiro atoms. The zero-order valence-electron chi connectivity index (χ0n) is 10.3. The van der Waals surface area contributed by atoms with E-state index >= 15 is 0 Å². The highest BCUT2D eigenvalue weighted by atomic mass is 35.5. The van der Waals surface area contributed by atoms with Crippen molar-refractivity contribution in [2.24, 2.45) is 0 Å². The number of aromatic nitrogens is 1. The molecule has 1 aromatic heterocycles. The Labute approximate surface area is 120 Å². The fourth-order valence-corrected chi connectivity index (χ4v) is 1.94. The first kappa shape index (κ1) is 13.9. The Balaban J connectivity index is 2.34. The first-order valence-electron chi connectivity index (χ1n) is 5.49. The van der Waals surface area contributed by atoms with Gasteiger partial charge in [-0.2, -0.15) is 4.98 Å². The van der Waals surface area contributed by atoms with Gasteiger partial charge in [-0.15, -0.1) is 0 Å². The summed E-state index contributed by atoms with van der Waals surface area (Å²) in [4.78, 5) is 4.12. The van der Waals surface area contributed by atoms with Gasteiger partial charge in [0.25, 0.3) is 0 Å². The number of ether oxygens (including phenoxy) is 1. The number of hydrogen-bond acceptors (Lipinski definition) is 3. The third-order valence-corrected chi connectivity index (χ3v) is 3.05. The molecule has 0 aliphatic heterocycles. The Bertz CT molecular complexity index is 620. The van der Waals surface area contributed by atoms with E-state index in [-0.39, 0.29) is 16.7 Å². The van der Waals surface area contributed by atoms with Gasteiger partial charge in [0, 0.05) is 13.1 Å². The molecule has 0 saturated heterocycles. The van der Waals surface area contributed by atoms with E-state index in [1.807, 2.05) is 0 Å². The monoisotopic (exact) mass is 300 g/mol. The molecule has 1 aromatic carbocycles. The summed E-state index contributed by atoms with van der Waals surface area (Å²) in [5, 5.41) is 3.45. The van der Waals surface area contributed by atoms with Crippen LogP contribution in [0.1, 0.15) is 5.56 Å². The van der Waals surface area contributed by atoms with Gasteiger partial charge in [-0.25, -0.2) is 4.39 Å². The van der Waals surface area contributed by atoms with Crippen molar-refractivity contribution in [1.82, 2.24) is 4.98 Å². The number of anilines is 1. The molecule has 0 saturated carbocycles. The molecule has 0 aliphatic rings. The minimum atomic E-state index is -0.351. The van der Waals surface area contributed by atoms with Gasteiger partial charge in [-0.3, -0.25) is 0 Å². The quantitative estimate of drug-likeness (QED) is 0.894. The van der Waals surface area contributed by atoms with Gasteiger partial charge in [-0.1, -0.05) is 29.3 Å². The topological polar surface area (TPSA) is 34.2 Å². The number of nitrogens with one attached hydrogen (secondary N) is 1. The van der Waals surface area contributed by atoms with Gasteiger partial charge in [0.15, 0.2) is 0 Å². The van der Waals surface area contributed by atoms with Crippen LogP contribution < -0.4 is 10.1 Å². The molecule has 0 unspecified atom stereocenters. The van der Waals surface area contributed by atoms with E-state index in [1.54, 1.807) is 26.1 Å². The molecule has 6 heteroatoms. The molecule has 2 rings (SSSR count). The normalized spacial score (nSPS) is 10.4. The van der Waals surface area contributed by atoms with Crippen LogP contribution in [-0.2, 0) is 0 Å². The SMILES string of the molecule is CNc1nc(Oc2ccc(C)c(F)c2)c(Cl)cc1Cl. The predicted octanol–water partition coefficient (Wildman–Crippen LogP) is 4.67. The number of rotatable bonds is 3. The number of aryl methyl sites for hydroxylation is 1. The molecule has 0 radical (unpaired) electrons. The standard InChI is InChI=1S/C13H11Cl2FN2O/c1-7-3-4-8(5-11(7)16)19-13-10(15)6-9(14)12(17-2)18-13/h3-6H,1-2H3,(H,17,18). The Morgan fingerprint density at radius 3 is 2.58 bits per heavy atom.